The molecule has 1 atom stereocenters. The van der Waals surface area contributed by atoms with Crippen LogP contribution in [0.2, 0.25) is 0 Å². The van der Waals surface area contributed by atoms with E-state index in [9.17, 15) is 4.79 Å². The molecular weight excluding hydrogens is 286 g/mol. The van der Waals surface area contributed by atoms with Gasteiger partial charge in [-0.3, -0.25) is 9.78 Å². The highest BCUT2D eigenvalue weighted by Gasteiger charge is 2.31. The minimum atomic E-state index is 0.00626. The van der Waals surface area contributed by atoms with Gasteiger partial charge in [0.1, 0.15) is 4.88 Å². The first-order valence-electron chi connectivity index (χ1n) is 7.04. The highest BCUT2D eigenvalue weighted by atomic mass is 32.1. The maximum absolute atomic E-state index is 12.8. The smallest absolute Gasteiger partial charge is 0.268 e. The average Bonchev–Trinajstić information content (AvgIpc) is 3.03. The van der Waals surface area contributed by atoms with Crippen LogP contribution in [-0.4, -0.2) is 45.0 Å². The third-order valence-corrected chi connectivity index (χ3v) is 4.41. The number of hydrogen-bond acceptors (Lipinski definition) is 6. The molecule has 7 heteroatoms. The Bertz CT molecular complexity index is 615. The maximum Gasteiger partial charge on any atom is 0.268 e. The van der Waals surface area contributed by atoms with Gasteiger partial charge < -0.3 is 10.2 Å². The summed E-state index contributed by atoms with van der Waals surface area (Å²) in [5, 5.41) is 7.38. The summed E-state index contributed by atoms with van der Waals surface area (Å²) in [4.78, 5) is 19.6. The number of carbonyl (C=O) groups excluding carboxylic acids is 1. The Hall–Kier alpha value is -1.86. The van der Waals surface area contributed by atoms with Gasteiger partial charge in [-0.25, -0.2) is 0 Å². The van der Waals surface area contributed by atoms with Gasteiger partial charge in [0.15, 0.2) is 0 Å². The Morgan fingerprint density at radius 1 is 1.57 bits per heavy atom. The van der Waals surface area contributed by atoms with Crippen molar-refractivity contribution in [3.63, 3.8) is 0 Å². The molecule has 0 radical (unpaired) electrons. The number of aryl methyl sites for hydroxylation is 1. The Morgan fingerprint density at radius 2 is 2.48 bits per heavy atom. The molecule has 3 heterocycles. The van der Waals surface area contributed by atoms with E-state index < -0.39 is 0 Å². The van der Waals surface area contributed by atoms with E-state index in [2.05, 4.69) is 19.9 Å². The van der Waals surface area contributed by atoms with Crippen molar-refractivity contribution < 1.29 is 4.79 Å². The molecule has 1 N–H and O–H groups in total. The van der Waals surface area contributed by atoms with Gasteiger partial charge in [-0.15, -0.1) is 5.10 Å². The summed E-state index contributed by atoms with van der Waals surface area (Å²) >= 11 is 1.18. The number of piperazine rings is 1. The number of carbonyl (C=O) groups is 1. The quantitative estimate of drug-likeness (QED) is 0.925. The van der Waals surface area contributed by atoms with Crippen LogP contribution in [0.3, 0.4) is 0 Å². The number of nitrogens with one attached hydrogen (secondary N) is 1. The lowest BCUT2D eigenvalue weighted by atomic mass is 10.0. The summed E-state index contributed by atoms with van der Waals surface area (Å²) < 4.78 is 3.92. The molecule has 2 aromatic rings. The second-order valence-electron chi connectivity index (χ2n) is 4.91. The summed E-state index contributed by atoms with van der Waals surface area (Å²) in [6.45, 7) is 4.21. The zero-order valence-electron chi connectivity index (χ0n) is 11.8. The molecule has 2 aromatic heterocycles. The van der Waals surface area contributed by atoms with Crippen molar-refractivity contribution in [3.05, 3.63) is 40.7 Å². The number of pyridine rings is 1. The molecule has 1 unspecified atom stereocenters. The fourth-order valence-electron chi connectivity index (χ4n) is 2.55. The normalized spacial score (nSPS) is 18.7. The molecule has 3 rings (SSSR count). The monoisotopic (exact) mass is 303 g/mol. The van der Waals surface area contributed by atoms with E-state index >= 15 is 0 Å². The number of aromatic nitrogens is 3. The zero-order valence-corrected chi connectivity index (χ0v) is 12.6. The van der Waals surface area contributed by atoms with Crippen LogP contribution in [0.1, 0.15) is 33.9 Å². The van der Waals surface area contributed by atoms with Crippen molar-refractivity contribution in [2.75, 3.05) is 19.6 Å². The van der Waals surface area contributed by atoms with Crippen LogP contribution in [0.25, 0.3) is 0 Å². The summed E-state index contributed by atoms with van der Waals surface area (Å²) in [5.74, 6) is 0.0252. The minimum Gasteiger partial charge on any atom is -0.328 e. The van der Waals surface area contributed by atoms with Crippen LogP contribution in [-0.2, 0) is 6.42 Å². The van der Waals surface area contributed by atoms with Gasteiger partial charge in [-0.2, -0.15) is 0 Å². The third-order valence-electron chi connectivity index (χ3n) is 3.66. The van der Waals surface area contributed by atoms with Crippen molar-refractivity contribution in [1.29, 1.82) is 0 Å². The lowest BCUT2D eigenvalue weighted by Gasteiger charge is -2.36. The molecule has 1 fully saturated rings. The summed E-state index contributed by atoms with van der Waals surface area (Å²) in [6, 6.07) is 3.92. The van der Waals surface area contributed by atoms with Gasteiger partial charge in [0, 0.05) is 32.0 Å². The van der Waals surface area contributed by atoms with Crippen molar-refractivity contribution in [2.45, 2.75) is 19.4 Å². The van der Waals surface area contributed by atoms with Crippen molar-refractivity contribution in [1.82, 2.24) is 24.8 Å². The second kappa shape index (κ2) is 6.28. The predicted molar refractivity (Wildman–Crippen MR) is 80.2 cm³/mol. The van der Waals surface area contributed by atoms with Gasteiger partial charge in [-0.05, 0) is 29.6 Å². The number of hydrogen-bond donors (Lipinski definition) is 1. The van der Waals surface area contributed by atoms with E-state index in [1.54, 1.807) is 6.20 Å². The molecule has 0 saturated carbocycles. The average molecular weight is 303 g/mol. The standard InChI is InChI=1S/C14H17N5OS/c1-2-11-13(21-18-17-11)14(20)19-7-6-16-9-12(19)10-4-3-5-15-8-10/h3-5,8,12,16H,2,6-7,9H2,1H3. The van der Waals surface area contributed by atoms with Crippen molar-refractivity contribution in [2.24, 2.45) is 0 Å². The van der Waals surface area contributed by atoms with Crippen molar-refractivity contribution in [3.8, 4) is 0 Å². The van der Waals surface area contributed by atoms with Crippen LogP contribution in [0, 0.1) is 0 Å². The van der Waals surface area contributed by atoms with Gasteiger partial charge in [-0.1, -0.05) is 17.5 Å². The predicted octanol–water partition coefficient (Wildman–Crippen LogP) is 1.28. The Labute approximate surface area is 127 Å². The van der Waals surface area contributed by atoms with Crippen LogP contribution < -0.4 is 5.32 Å². The van der Waals surface area contributed by atoms with Gasteiger partial charge in [0.2, 0.25) is 0 Å². The number of amides is 1. The molecule has 0 aromatic carbocycles. The van der Waals surface area contributed by atoms with Crippen LogP contribution in [0.5, 0.6) is 0 Å². The van der Waals surface area contributed by atoms with Crippen LogP contribution >= 0.6 is 11.5 Å². The highest BCUT2D eigenvalue weighted by molar-refractivity contribution is 7.08. The first-order valence-corrected chi connectivity index (χ1v) is 7.81. The van der Waals surface area contributed by atoms with Crippen molar-refractivity contribution >= 4 is 17.4 Å². The Morgan fingerprint density at radius 3 is 3.24 bits per heavy atom. The molecule has 0 spiro atoms. The highest BCUT2D eigenvalue weighted by Crippen LogP contribution is 2.25. The van der Waals surface area contributed by atoms with E-state index in [-0.39, 0.29) is 11.9 Å². The largest absolute Gasteiger partial charge is 0.328 e. The summed E-state index contributed by atoms with van der Waals surface area (Å²) in [6.07, 6.45) is 4.29. The van der Waals surface area contributed by atoms with E-state index in [4.69, 9.17) is 0 Å². The second-order valence-corrected chi connectivity index (χ2v) is 5.66. The van der Waals surface area contributed by atoms with E-state index in [0.29, 0.717) is 11.4 Å². The Balaban J connectivity index is 1.89. The van der Waals surface area contributed by atoms with Crippen LogP contribution in [0.15, 0.2) is 24.5 Å². The summed E-state index contributed by atoms with van der Waals surface area (Å²) in [7, 11) is 0. The van der Waals surface area contributed by atoms with E-state index in [1.807, 2.05) is 30.2 Å². The number of rotatable bonds is 3. The number of nitrogens with zero attached hydrogens (tertiary/aromatic N) is 4. The minimum absolute atomic E-state index is 0.00626. The molecule has 0 aliphatic carbocycles. The molecule has 0 bridgehead atoms. The lowest BCUT2D eigenvalue weighted by Crippen LogP contribution is -2.48. The topological polar surface area (TPSA) is 71.0 Å². The molecular formula is C14H17N5OS. The third kappa shape index (κ3) is 2.79. The molecule has 110 valence electrons. The molecule has 1 aliphatic heterocycles. The molecule has 1 amide bonds. The zero-order chi connectivity index (χ0) is 14.7. The van der Waals surface area contributed by atoms with Crippen LogP contribution in [0.4, 0.5) is 0 Å². The van der Waals surface area contributed by atoms with Gasteiger partial charge >= 0.3 is 0 Å². The maximum atomic E-state index is 12.8. The molecule has 1 aliphatic rings. The SMILES string of the molecule is CCc1nnsc1C(=O)N1CCNCC1c1cccnc1. The molecule has 6 nitrogen and oxygen atoms in total. The summed E-state index contributed by atoms with van der Waals surface area (Å²) in [5.41, 5.74) is 1.84. The first kappa shape index (κ1) is 14.1. The van der Waals surface area contributed by atoms with Gasteiger partial charge in [0.05, 0.1) is 11.7 Å². The first-order chi connectivity index (χ1) is 10.3. The fraction of sp³-hybridized carbons (Fsp3) is 0.429. The molecule has 21 heavy (non-hydrogen) atoms. The van der Waals surface area contributed by atoms with E-state index in [1.165, 1.54) is 11.5 Å². The fourth-order valence-corrected chi connectivity index (χ4v) is 3.26. The Kier molecular flexibility index (Phi) is 4.21. The van der Waals surface area contributed by atoms with E-state index in [0.717, 1.165) is 30.8 Å². The molecule has 1 saturated heterocycles. The van der Waals surface area contributed by atoms with Gasteiger partial charge in [0.25, 0.3) is 5.91 Å². The lowest BCUT2D eigenvalue weighted by molar-refractivity contribution is 0.0637.